The zero-order valence-corrected chi connectivity index (χ0v) is 23.4. The van der Waals surface area contributed by atoms with Crippen LogP contribution in [0.4, 0.5) is 5.69 Å². The first-order valence-corrected chi connectivity index (χ1v) is 13.7. The van der Waals surface area contributed by atoms with Crippen molar-refractivity contribution >= 4 is 29.2 Å². The van der Waals surface area contributed by atoms with E-state index in [1.54, 1.807) is 26.8 Å². The molecule has 4 rings (SSSR count). The van der Waals surface area contributed by atoms with E-state index in [1.807, 2.05) is 40.1 Å². The fourth-order valence-corrected chi connectivity index (χ4v) is 5.77. The van der Waals surface area contributed by atoms with Crippen LogP contribution in [0.25, 0.3) is 0 Å². The highest BCUT2D eigenvalue weighted by Gasteiger charge is 2.52. The monoisotopic (exact) mass is 526 g/mol. The smallest absolute Gasteiger partial charge is 0.251 e. The Bertz CT molecular complexity index is 1030. The van der Waals surface area contributed by atoms with Gasteiger partial charge < -0.3 is 29.8 Å². The Morgan fingerprint density at radius 3 is 2.26 bits per heavy atom. The number of nitrogens with one attached hydrogen (secondary N) is 1. The molecule has 3 heterocycles. The number of Topliss-reactive ketones (excluding diaryl/α,β-unsaturated/α-hetero) is 1. The van der Waals surface area contributed by atoms with Crippen LogP contribution < -0.4 is 10.2 Å². The number of anilines is 1. The van der Waals surface area contributed by atoms with Crippen LogP contribution in [0.3, 0.4) is 0 Å². The number of hydrogen-bond acceptors (Lipinski definition) is 7. The predicted molar refractivity (Wildman–Crippen MR) is 146 cm³/mol. The molecule has 3 atom stereocenters. The number of ketones is 1. The highest BCUT2D eigenvalue weighted by molar-refractivity contribution is 6.01. The summed E-state index contributed by atoms with van der Waals surface area (Å²) in [6, 6.07) is 5.86. The molecule has 0 saturated carbocycles. The van der Waals surface area contributed by atoms with Crippen LogP contribution in [0, 0.1) is 5.92 Å². The minimum absolute atomic E-state index is 0.0344. The number of amides is 3. The van der Waals surface area contributed by atoms with E-state index in [4.69, 9.17) is 0 Å². The van der Waals surface area contributed by atoms with Crippen LogP contribution in [0.1, 0.15) is 37.0 Å². The number of benzene rings is 1. The Balaban J connectivity index is 1.43. The molecule has 10 nitrogen and oxygen atoms in total. The highest BCUT2D eigenvalue weighted by Crippen LogP contribution is 2.31. The molecule has 208 valence electrons. The molecule has 3 aliphatic heterocycles. The summed E-state index contributed by atoms with van der Waals surface area (Å²) < 4.78 is 0. The van der Waals surface area contributed by atoms with Gasteiger partial charge in [-0.2, -0.15) is 0 Å². The van der Waals surface area contributed by atoms with Gasteiger partial charge in [-0.3, -0.25) is 19.2 Å². The van der Waals surface area contributed by atoms with Gasteiger partial charge in [0.25, 0.3) is 5.91 Å². The van der Waals surface area contributed by atoms with E-state index in [9.17, 15) is 19.2 Å². The number of carbonyl (C=O) groups excluding carboxylic acids is 4. The Kier molecular flexibility index (Phi) is 8.72. The third kappa shape index (κ3) is 6.18. The molecule has 38 heavy (non-hydrogen) atoms. The van der Waals surface area contributed by atoms with Gasteiger partial charge in [0.1, 0.15) is 12.1 Å². The third-order valence-electron chi connectivity index (χ3n) is 7.79. The van der Waals surface area contributed by atoms with E-state index >= 15 is 0 Å². The molecule has 10 heteroatoms. The van der Waals surface area contributed by atoms with E-state index in [0.717, 1.165) is 31.9 Å². The van der Waals surface area contributed by atoms with Gasteiger partial charge in [-0.25, -0.2) is 0 Å². The minimum Gasteiger partial charge on any atom is -0.369 e. The molecule has 3 unspecified atom stereocenters. The number of piperazine rings is 1. The molecule has 1 aromatic carbocycles. The van der Waals surface area contributed by atoms with Crippen LogP contribution in [0.15, 0.2) is 24.3 Å². The number of likely N-dealkylation sites (N-methyl/N-ethyl adjacent to an activating group) is 2. The van der Waals surface area contributed by atoms with Gasteiger partial charge in [0.05, 0.1) is 19.1 Å². The lowest BCUT2D eigenvalue weighted by atomic mass is 10.0. The molecule has 3 aliphatic rings. The number of rotatable bonds is 8. The summed E-state index contributed by atoms with van der Waals surface area (Å²) in [4.78, 5) is 62.2. The Hall–Kier alpha value is -2.98. The van der Waals surface area contributed by atoms with Gasteiger partial charge in [0, 0.05) is 44.0 Å². The quantitative estimate of drug-likeness (QED) is 0.528. The average molecular weight is 527 g/mol. The summed E-state index contributed by atoms with van der Waals surface area (Å²) >= 11 is 0. The Morgan fingerprint density at radius 2 is 1.66 bits per heavy atom. The second-order valence-corrected chi connectivity index (χ2v) is 11.6. The molecule has 0 spiro atoms. The van der Waals surface area contributed by atoms with Crippen molar-refractivity contribution < 1.29 is 19.2 Å². The average Bonchev–Trinajstić information content (AvgIpc) is 3.44. The predicted octanol–water partition coefficient (Wildman–Crippen LogP) is 0.525. The van der Waals surface area contributed by atoms with Crippen molar-refractivity contribution in [3.8, 4) is 0 Å². The van der Waals surface area contributed by atoms with E-state index in [-0.39, 0.29) is 48.6 Å². The zero-order chi connectivity index (χ0) is 27.6. The van der Waals surface area contributed by atoms with Gasteiger partial charge in [-0.1, -0.05) is 13.8 Å². The summed E-state index contributed by atoms with van der Waals surface area (Å²) in [5.74, 6) is -0.590. The molecule has 3 saturated heterocycles. The van der Waals surface area contributed by atoms with Gasteiger partial charge >= 0.3 is 0 Å². The summed E-state index contributed by atoms with van der Waals surface area (Å²) in [6.07, 6.45) is 1.03. The highest BCUT2D eigenvalue weighted by atomic mass is 16.2. The number of nitrogens with zero attached hydrogens (tertiary/aromatic N) is 5. The first-order chi connectivity index (χ1) is 18.0. The van der Waals surface area contributed by atoms with Gasteiger partial charge in [-0.05, 0) is 64.2 Å². The molecule has 0 aliphatic carbocycles. The maximum absolute atomic E-state index is 13.7. The topological polar surface area (TPSA) is 96.5 Å². The van der Waals surface area contributed by atoms with Crippen LogP contribution in [0.2, 0.25) is 0 Å². The van der Waals surface area contributed by atoms with Crippen LogP contribution in [0.5, 0.6) is 0 Å². The van der Waals surface area contributed by atoms with Crippen molar-refractivity contribution in [2.75, 3.05) is 71.9 Å². The number of hydrogen-bond donors (Lipinski definition) is 1. The lowest BCUT2D eigenvalue weighted by molar-refractivity contribution is -0.138. The number of likely N-dealkylation sites (tertiary alicyclic amines) is 2. The van der Waals surface area contributed by atoms with Crippen molar-refractivity contribution in [3.05, 3.63) is 29.8 Å². The second-order valence-electron chi connectivity index (χ2n) is 11.6. The van der Waals surface area contributed by atoms with Crippen molar-refractivity contribution in [1.29, 1.82) is 0 Å². The number of fused-ring (bicyclic) bond motifs is 1. The molecule has 3 amide bonds. The van der Waals surface area contributed by atoms with Gasteiger partial charge in [0.2, 0.25) is 11.8 Å². The Morgan fingerprint density at radius 1 is 1.00 bits per heavy atom. The standard InChI is InChI=1S/C28H42N6O4/c1-19(2)16-22(29-27(37)20-6-8-21(9-7-20)32-14-12-31(5)13-15-32)28(38)33-11-10-23-26(33)24(35)17-34(23)25(36)18-30(3)4/h6-9,19,22-23,26H,10-18H2,1-5H3,(H,29,37). The maximum Gasteiger partial charge on any atom is 0.251 e. The fourth-order valence-electron chi connectivity index (χ4n) is 5.77. The summed E-state index contributed by atoms with van der Waals surface area (Å²) in [5, 5.41) is 2.95. The number of carbonyl (C=O) groups is 4. The van der Waals surface area contributed by atoms with Crippen molar-refractivity contribution in [3.63, 3.8) is 0 Å². The molecule has 1 aromatic rings. The maximum atomic E-state index is 13.7. The minimum atomic E-state index is -0.738. The summed E-state index contributed by atoms with van der Waals surface area (Å²) in [7, 11) is 5.75. The molecule has 0 radical (unpaired) electrons. The van der Waals surface area contributed by atoms with Crippen LogP contribution >= 0.6 is 0 Å². The molecule has 0 aromatic heterocycles. The van der Waals surface area contributed by atoms with Crippen molar-refractivity contribution in [2.24, 2.45) is 5.92 Å². The van der Waals surface area contributed by atoms with E-state index in [0.29, 0.717) is 24.9 Å². The van der Waals surface area contributed by atoms with Crippen molar-refractivity contribution in [2.45, 2.75) is 44.8 Å². The molecular formula is C28H42N6O4. The summed E-state index contributed by atoms with van der Waals surface area (Å²) in [6.45, 7) is 8.57. The molecule has 0 bridgehead atoms. The SMILES string of the molecule is CC(C)CC(NC(=O)c1ccc(N2CCN(C)CC2)cc1)C(=O)N1CCC2C1C(=O)CN2C(=O)CN(C)C. The van der Waals surface area contributed by atoms with Crippen LogP contribution in [-0.4, -0.2) is 128 Å². The Labute approximate surface area is 225 Å². The third-order valence-corrected chi connectivity index (χ3v) is 7.79. The lowest BCUT2D eigenvalue weighted by Gasteiger charge is -2.34. The van der Waals surface area contributed by atoms with Crippen molar-refractivity contribution in [1.82, 2.24) is 24.9 Å². The lowest BCUT2D eigenvalue weighted by Crippen LogP contribution is -2.53. The van der Waals surface area contributed by atoms with Gasteiger partial charge in [0.15, 0.2) is 5.78 Å². The van der Waals surface area contributed by atoms with E-state index in [2.05, 4.69) is 22.2 Å². The largest absolute Gasteiger partial charge is 0.369 e. The molecule has 3 fully saturated rings. The molecule has 1 N–H and O–H groups in total. The van der Waals surface area contributed by atoms with E-state index < -0.39 is 12.1 Å². The van der Waals surface area contributed by atoms with E-state index in [1.165, 1.54) is 0 Å². The molecular weight excluding hydrogens is 484 g/mol. The fraction of sp³-hybridized carbons (Fsp3) is 0.643. The second kappa shape index (κ2) is 11.8. The first-order valence-electron chi connectivity index (χ1n) is 13.7. The first kappa shape index (κ1) is 28.0. The normalized spacial score (nSPS) is 22.8. The zero-order valence-electron chi connectivity index (χ0n) is 23.4. The summed E-state index contributed by atoms with van der Waals surface area (Å²) in [5.41, 5.74) is 1.59. The van der Waals surface area contributed by atoms with Gasteiger partial charge in [-0.15, -0.1) is 0 Å². The van der Waals surface area contributed by atoms with Crippen LogP contribution in [-0.2, 0) is 14.4 Å².